The summed E-state index contributed by atoms with van der Waals surface area (Å²) in [7, 11) is 2.03. The van der Waals surface area contributed by atoms with Crippen LogP contribution >= 0.6 is 0 Å². The fraction of sp³-hybridized carbons (Fsp3) is 0.0588. The third-order valence-electron chi connectivity index (χ3n) is 3.17. The maximum absolute atomic E-state index is 4.59. The normalized spacial score (nSPS) is 11.8. The van der Waals surface area contributed by atoms with Crippen molar-refractivity contribution in [3.05, 3.63) is 72.3 Å². The maximum Gasteiger partial charge on any atom is 0.133 e. The number of nitrogens with zero attached hydrogens (tertiary/aromatic N) is 3. The molecule has 2 heterocycles. The van der Waals surface area contributed by atoms with E-state index in [-0.39, 0.29) is 0 Å². The number of benzene rings is 1. The average Bonchev–Trinajstić information content (AvgIpc) is 2.82. The van der Waals surface area contributed by atoms with Gasteiger partial charge in [0.2, 0.25) is 0 Å². The van der Waals surface area contributed by atoms with E-state index in [0.29, 0.717) is 0 Å². The van der Waals surface area contributed by atoms with Crippen molar-refractivity contribution in [2.45, 2.75) is 0 Å². The van der Waals surface area contributed by atoms with Crippen molar-refractivity contribution in [1.29, 1.82) is 0 Å². The summed E-state index contributed by atoms with van der Waals surface area (Å²) < 4.78 is 2.09. The molecule has 0 aliphatic heterocycles. The first-order chi connectivity index (χ1) is 9.84. The van der Waals surface area contributed by atoms with Crippen LogP contribution < -0.4 is 0 Å². The molecule has 3 aromatic rings. The second-order valence-electron chi connectivity index (χ2n) is 4.52. The molecule has 3 heteroatoms. The molecule has 20 heavy (non-hydrogen) atoms. The summed E-state index contributed by atoms with van der Waals surface area (Å²) in [5.41, 5.74) is 3.30. The summed E-state index contributed by atoms with van der Waals surface area (Å²) in [6, 6.07) is 12.1. The molecule has 1 aromatic carbocycles. The third-order valence-corrected chi connectivity index (χ3v) is 3.17. The number of hydrogen-bond donors (Lipinski definition) is 0. The Morgan fingerprint density at radius 3 is 2.50 bits per heavy atom. The molecular weight excluding hydrogens is 246 g/mol. The molecule has 0 aliphatic carbocycles. The molecule has 0 saturated carbocycles. The number of para-hydroxylation sites is 2. The molecular formula is C17H15N3. The van der Waals surface area contributed by atoms with Gasteiger partial charge in [0.15, 0.2) is 0 Å². The molecule has 3 rings (SSSR count). The summed E-state index contributed by atoms with van der Waals surface area (Å²) in [6.07, 6.45) is 11.6. The first-order valence-electron chi connectivity index (χ1n) is 6.51. The van der Waals surface area contributed by atoms with E-state index < -0.39 is 0 Å². The Morgan fingerprint density at radius 2 is 1.70 bits per heavy atom. The van der Waals surface area contributed by atoms with Gasteiger partial charge in [0, 0.05) is 19.4 Å². The zero-order chi connectivity index (χ0) is 13.8. The first kappa shape index (κ1) is 12.4. The number of aryl methyl sites for hydroxylation is 1. The highest BCUT2D eigenvalue weighted by Crippen LogP contribution is 2.15. The van der Waals surface area contributed by atoms with E-state index in [1.165, 1.54) is 0 Å². The highest BCUT2D eigenvalue weighted by Gasteiger charge is 2.02. The van der Waals surface area contributed by atoms with Crippen LogP contribution in [-0.4, -0.2) is 14.5 Å². The summed E-state index contributed by atoms with van der Waals surface area (Å²) in [6.45, 7) is 0. The predicted octanol–water partition coefficient (Wildman–Crippen LogP) is 3.69. The second kappa shape index (κ2) is 5.53. The number of hydrogen-bond acceptors (Lipinski definition) is 2. The van der Waals surface area contributed by atoms with Gasteiger partial charge in [0.25, 0.3) is 0 Å². The van der Waals surface area contributed by atoms with Crippen LogP contribution in [-0.2, 0) is 7.05 Å². The highest BCUT2D eigenvalue weighted by atomic mass is 15.0. The topological polar surface area (TPSA) is 30.7 Å². The van der Waals surface area contributed by atoms with Crippen molar-refractivity contribution in [2.75, 3.05) is 0 Å². The van der Waals surface area contributed by atoms with Gasteiger partial charge in [-0.3, -0.25) is 4.98 Å². The summed E-state index contributed by atoms with van der Waals surface area (Å²) in [5, 5.41) is 0. The van der Waals surface area contributed by atoms with Gasteiger partial charge in [-0.15, -0.1) is 0 Å². The highest BCUT2D eigenvalue weighted by molar-refractivity contribution is 5.77. The Hall–Kier alpha value is -2.68. The Balaban J connectivity index is 1.81. The first-order valence-corrected chi connectivity index (χ1v) is 6.51. The molecule has 0 aliphatic rings. The minimum Gasteiger partial charge on any atom is -0.328 e. The molecule has 0 unspecified atom stereocenters. The zero-order valence-electron chi connectivity index (χ0n) is 11.3. The SMILES string of the molecule is Cn1c(/C=C/C=C/c2ccncc2)nc2ccccc21. The van der Waals surface area contributed by atoms with Gasteiger partial charge in [0.1, 0.15) is 5.82 Å². The van der Waals surface area contributed by atoms with E-state index in [4.69, 9.17) is 0 Å². The quantitative estimate of drug-likeness (QED) is 0.673. The Labute approximate surface area is 117 Å². The van der Waals surface area contributed by atoms with Crippen molar-refractivity contribution in [2.24, 2.45) is 7.05 Å². The molecule has 0 saturated heterocycles. The predicted molar refractivity (Wildman–Crippen MR) is 83.0 cm³/mol. The van der Waals surface area contributed by atoms with Crippen LogP contribution in [0, 0.1) is 0 Å². The number of aromatic nitrogens is 3. The molecule has 3 nitrogen and oxygen atoms in total. The van der Waals surface area contributed by atoms with Gasteiger partial charge in [-0.25, -0.2) is 4.98 Å². The summed E-state index contributed by atoms with van der Waals surface area (Å²) >= 11 is 0. The Bertz CT molecular complexity index is 767. The standard InChI is InChI=1S/C17H15N3/c1-20-16-8-4-3-7-15(16)19-17(20)9-5-2-6-14-10-12-18-13-11-14/h2-13H,1H3/b6-2+,9-5+. The lowest BCUT2D eigenvalue weighted by Crippen LogP contribution is -1.90. The van der Waals surface area contributed by atoms with Crippen molar-refractivity contribution >= 4 is 23.2 Å². The summed E-state index contributed by atoms with van der Waals surface area (Å²) in [4.78, 5) is 8.58. The zero-order valence-corrected chi connectivity index (χ0v) is 11.3. The van der Waals surface area contributed by atoms with Crippen LogP contribution in [0.5, 0.6) is 0 Å². The average molecular weight is 261 g/mol. The van der Waals surface area contributed by atoms with Crippen molar-refractivity contribution in [3.8, 4) is 0 Å². The van der Waals surface area contributed by atoms with E-state index in [1.54, 1.807) is 12.4 Å². The summed E-state index contributed by atoms with van der Waals surface area (Å²) in [5.74, 6) is 0.950. The molecule has 0 spiro atoms. The third kappa shape index (κ3) is 2.52. The fourth-order valence-electron chi connectivity index (χ4n) is 2.10. The smallest absolute Gasteiger partial charge is 0.133 e. The maximum atomic E-state index is 4.59. The van der Waals surface area contributed by atoms with E-state index in [0.717, 1.165) is 22.4 Å². The molecule has 0 bridgehead atoms. The van der Waals surface area contributed by atoms with E-state index in [9.17, 15) is 0 Å². The largest absolute Gasteiger partial charge is 0.328 e. The van der Waals surface area contributed by atoms with E-state index >= 15 is 0 Å². The molecule has 0 fully saturated rings. The van der Waals surface area contributed by atoms with Crippen molar-refractivity contribution < 1.29 is 0 Å². The van der Waals surface area contributed by atoms with Gasteiger partial charge in [-0.1, -0.05) is 30.4 Å². The molecule has 2 aromatic heterocycles. The lowest BCUT2D eigenvalue weighted by Gasteiger charge is -1.95. The van der Waals surface area contributed by atoms with Crippen LogP contribution in [0.25, 0.3) is 23.2 Å². The number of pyridine rings is 1. The second-order valence-corrected chi connectivity index (χ2v) is 4.52. The number of fused-ring (bicyclic) bond motifs is 1. The lowest BCUT2D eigenvalue weighted by molar-refractivity contribution is 0.930. The van der Waals surface area contributed by atoms with Gasteiger partial charge >= 0.3 is 0 Å². The van der Waals surface area contributed by atoms with Crippen LogP contribution in [0.4, 0.5) is 0 Å². The van der Waals surface area contributed by atoms with Gasteiger partial charge < -0.3 is 4.57 Å². The number of rotatable bonds is 3. The van der Waals surface area contributed by atoms with Gasteiger partial charge in [-0.2, -0.15) is 0 Å². The number of imidazole rings is 1. The number of allylic oxidation sites excluding steroid dienone is 2. The van der Waals surface area contributed by atoms with Crippen LogP contribution in [0.1, 0.15) is 11.4 Å². The van der Waals surface area contributed by atoms with E-state index in [2.05, 4.69) is 20.6 Å². The van der Waals surface area contributed by atoms with Crippen molar-refractivity contribution in [1.82, 2.24) is 14.5 Å². The van der Waals surface area contributed by atoms with E-state index in [1.807, 2.05) is 61.7 Å². The van der Waals surface area contributed by atoms with Crippen LogP contribution in [0.15, 0.2) is 60.9 Å². The molecule has 0 radical (unpaired) electrons. The fourth-order valence-corrected chi connectivity index (χ4v) is 2.10. The molecule has 0 amide bonds. The Kier molecular flexibility index (Phi) is 3.42. The monoisotopic (exact) mass is 261 g/mol. The van der Waals surface area contributed by atoms with Crippen LogP contribution in [0.3, 0.4) is 0 Å². The minimum absolute atomic E-state index is 0.950. The molecule has 0 N–H and O–H groups in total. The van der Waals surface area contributed by atoms with Gasteiger partial charge in [0.05, 0.1) is 11.0 Å². The Morgan fingerprint density at radius 1 is 0.950 bits per heavy atom. The molecule has 98 valence electrons. The van der Waals surface area contributed by atoms with Crippen LogP contribution in [0.2, 0.25) is 0 Å². The lowest BCUT2D eigenvalue weighted by atomic mass is 10.2. The van der Waals surface area contributed by atoms with Gasteiger partial charge in [-0.05, 0) is 35.9 Å². The molecule has 0 atom stereocenters. The minimum atomic E-state index is 0.950. The van der Waals surface area contributed by atoms with Crippen molar-refractivity contribution in [3.63, 3.8) is 0 Å².